The Balaban J connectivity index is 2.34. The Morgan fingerprint density at radius 1 is 1.30 bits per heavy atom. The smallest absolute Gasteiger partial charge is 0.329 e. The van der Waals surface area contributed by atoms with E-state index >= 15 is 0 Å². The summed E-state index contributed by atoms with van der Waals surface area (Å²) in [7, 11) is 0. The highest BCUT2D eigenvalue weighted by molar-refractivity contribution is 5.83. The molecule has 1 aliphatic carbocycles. The van der Waals surface area contributed by atoms with Crippen molar-refractivity contribution in [3.8, 4) is 0 Å². The number of hydrogen-bond acceptors (Lipinski definition) is 4. The van der Waals surface area contributed by atoms with E-state index in [4.69, 9.17) is 15.6 Å². The number of nitrogens with one attached hydrogen (secondary N) is 1. The van der Waals surface area contributed by atoms with Crippen molar-refractivity contribution in [1.29, 1.82) is 0 Å². The fourth-order valence-corrected chi connectivity index (χ4v) is 2.24. The van der Waals surface area contributed by atoms with Crippen molar-refractivity contribution < 1.29 is 24.2 Å². The average molecular weight is 287 g/mol. The van der Waals surface area contributed by atoms with Crippen LogP contribution in [-0.2, 0) is 14.3 Å². The van der Waals surface area contributed by atoms with Gasteiger partial charge in [0.05, 0.1) is 6.61 Å². The summed E-state index contributed by atoms with van der Waals surface area (Å²) in [6, 6.07) is -0.322. The number of carboxylic acids is 1. The standard InChI is InChI=1S/C12H21N3O5/c13-10(16)7-15(9-3-1-2-4-9)12(19)14-5-6-20-8-11(17)18/h9H,1-8H2,(H2,13,16)(H,14,19)(H,17,18). The van der Waals surface area contributed by atoms with E-state index in [1.165, 1.54) is 4.90 Å². The van der Waals surface area contributed by atoms with Gasteiger partial charge >= 0.3 is 12.0 Å². The molecule has 8 heteroatoms. The minimum absolute atomic E-state index is 0.0439. The van der Waals surface area contributed by atoms with Gasteiger partial charge in [-0.05, 0) is 12.8 Å². The molecule has 20 heavy (non-hydrogen) atoms. The molecule has 0 atom stereocenters. The molecule has 114 valence electrons. The lowest BCUT2D eigenvalue weighted by Gasteiger charge is -2.27. The molecule has 0 unspecified atom stereocenters. The maximum absolute atomic E-state index is 12.0. The van der Waals surface area contributed by atoms with Crippen LogP contribution in [0.5, 0.6) is 0 Å². The van der Waals surface area contributed by atoms with E-state index in [0.717, 1.165) is 25.7 Å². The minimum Gasteiger partial charge on any atom is -0.480 e. The van der Waals surface area contributed by atoms with Gasteiger partial charge in [-0.15, -0.1) is 0 Å². The quantitative estimate of drug-likeness (QED) is 0.521. The monoisotopic (exact) mass is 287 g/mol. The van der Waals surface area contributed by atoms with Crippen LogP contribution in [0.1, 0.15) is 25.7 Å². The zero-order chi connectivity index (χ0) is 15.0. The Hall–Kier alpha value is -1.83. The van der Waals surface area contributed by atoms with Crippen LogP contribution in [0.3, 0.4) is 0 Å². The highest BCUT2D eigenvalue weighted by atomic mass is 16.5. The predicted octanol–water partition coefficient (Wildman–Crippen LogP) is -0.473. The van der Waals surface area contributed by atoms with Crippen LogP contribution < -0.4 is 11.1 Å². The third kappa shape index (κ3) is 5.87. The number of carbonyl (C=O) groups excluding carboxylic acids is 2. The molecule has 0 radical (unpaired) electrons. The van der Waals surface area contributed by atoms with Gasteiger partial charge in [-0.1, -0.05) is 12.8 Å². The molecule has 0 aromatic heterocycles. The molecule has 0 aromatic carbocycles. The Morgan fingerprint density at radius 2 is 1.95 bits per heavy atom. The van der Waals surface area contributed by atoms with Gasteiger partial charge in [0.15, 0.2) is 0 Å². The summed E-state index contributed by atoms with van der Waals surface area (Å²) in [5.74, 6) is -1.60. The Labute approximate surface area is 117 Å². The molecule has 1 aliphatic rings. The molecule has 0 aromatic rings. The summed E-state index contributed by atoms with van der Waals surface area (Å²) >= 11 is 0. The molecule has 1 rings (SSSR count). The lowest BCUT2D eigenvalue weighted by Crippen LogP contribution is -2.49. The van der Waals surface area contributed by atoms with E-state index < -0.39 is 18.5 Å². The van der Waals surface area contributed by atoms with Crippen molar-refractivity contribution in [1.82, 2.24) is 10.2 Å². The number of aliphatic carboxylic acids is 1. The predicted molar refractivity (Wildman–Crippen MR) is 70.0 cm³/mol. The number of urea groups is 1. The van der Waals surface area contributed by atoms with Gasteiger partial charge in [-0.3, -0.25) is 4.79 Å². The largest absolute Gasteiger partial charge is 0.480 e. The third-order valence-electron chi connectivity index (χ3n) is 3.10. The van der Waals surface area contributed by atoms with Crippen LogP contribution in [0.2, 0.25) is 0 Å². The Kier molecular flexibility index (Phi) is 6.78. The van der Waals surface area contributed by atoms with Gasteiger partial charge in [0.1, 0.15) is 13.2 Å². The summed E-state index contributed by atoms with van der Waals surface area (Å²) in [4.78, 5) is 34.7. The topological polar surface area (TPSA) is 122 Å². The van der Waals surface area contributed by atoms with Crippen molar-refractivity contribution in [3.63, 3.8) is 0 Å². The molecule has 1 fully saturated rings. The van der Waals surface area contributed by atoms with Gasteiger partial charge in [0.2, 0.25) is 5.91 Å². The minimum atomic E-state index is -1.06. The van der Waals surface area contributed by atoms with Crippen molar-refractivity contribution in [2.75, 3.05) is 26.3 Å². The maximum Gasteiger partial charge on any atom is 0.329 e. The number of nitrogens with two attached hydrogens (primary N) is 1. The number of carbonyl (C=O) groups is 3. The third-order valence-corrected chi connectivity index (χ3v) is 3.10. The molecule has 0 spiro atoms. The average Bonchev–Trinajstić information content (AvgIpc) is 2.88. The number of rotatable bonds is 8. The number of nitrogens with zero attached hydrogens (tertiary/aromatic N) is 1. The van der Waals surface area contributed by atoms with Crippen molar-refractivity contribution in [2.24, 2.45) is 5.73 Å². The first-order chi connectivity index (χ1) is 9.50. The highest BCUT2D eigenvalue weighted by Gasteiger charge is 2.27. The number of ether oxygens (including phenoxy) is 1. The lowest BCUT2D eigenvalue weighted by atomic mass is 10.2. The molecule has 1 saturated carbocycles. The second kappa shape index (κ2) is 8.36. The summed E-state index contributed by atoms with van der Waals surface area (Å²) in [5.41, 5.74) is 5.16. The van der Waals surface area contributed by atoms with Crippen molar-refractivity contribution >= 4 is 17.9 Å². The Morgan fingerprint density at radius 3 is 2.50 bits per heavy atom. The number of carboxylic acid groups (broad SMARTS) is 1. The van der Waals surface area contributed by atoms with Crippen LogP contribution in [0.4, 0.5) is 4.79 Å². The van der Waals surface area contributed by atoms with E-state index in [1.807, 2.05) is 0 Å². The van der Waals surface area contributed by atoms with Gasteiger partial charge in [-0.2, -0.15) is 0 Å². The molecular formula is C12H21N3O5. The van der Waals surface area contributed by atoms with E-state index in [0.29, 0.717) is 0 Å². The summed E-state index contributed by atoms with van der Waals surface area (Å²) < 4.78 is 4.81. The molecule has 0 saturated heterocycles. The number of primary amides is 1. The zero-order valence-electron chi connectivity index (χ0n) is 11.3. The van der Waals surface area contributed by atoms with Gasteiger partial charge in [-0.25, -0.2) is 9.59 Å². The molecule has 8 nitrogen and oxygen atoms in total. The van der Waals surface area contributed by atoms with Crippen LogP contribution in [0.25, 0.3) is 0 Å². The van der Waals surface area contributed by atoms with Crippen LogP contribution in [0.15, 0.2) is 0 Å². The first kappa shape index (κ1) is 16.2. The molecule has 3 amide bonds. The van der Waals surface area contributed by atoms with Crippen molar-refractivity contribution in [3.05, 3.63) is 0 Å². The molecule has 4 N–H and O–H groups in total. The van der Waals surface area contributed by atoms with Crippen LogP contribution >= 0.6 is 0 Å². The summed E-state index contributed by atoms with van der Waals surface area (Å²) in [6.45, 7) is -0.211. The molecule has 0 bridgehead atoms. The Bertz CT molecular complexity index is 355. The van der Waals surface area contributed by atoms with E-state index in [2.05, 4.69) is 5.32 Å². The molecule has 0 heterocycles. The van der Waals surface area contributed by atoms with Crippen molar-refractivity contribution in [2.45, 2.75) is 31.7 Å². The summed E-state index contributed by atoms with van der Waals surface area (Å²) in [5, 5.41) is 11.0. The first-order valence-corrected chi connectivity index (χ1v) is 6.63. The van der Waals surface area contributed by atoms with Crippen LogP contribution in [-0.4, -0.2) is 60.3 Å². The fraction of sp³-hybridized carbons (Fsp3) is 0.750. The van der Waals surface area contributed by atoms with Gasteiger partial charge in [0.25, 0.3) is 0 Å². The normalized spacial score (nSPS) is 15.0. The molecule has 0 aliphatic heterocycles. The SMILES string of the molecule is NC(=O)CN(C(=O)NCCOCC(=O)O)C1CCCC1. The van der Waals surface area contributed by atoms with Crippen LogP contribution in [0, 0.1) is 0 Å². The second-order valence-corrected chi connectivity index (χ2v) is 4.71. The first-order valence-electron chi connectivity index (χ1n) is 6.63. The maximum atomic E-state index is 12.0. The lowest BCUT2D eigenvalue weighted by molar-refractivity contribution is -0.142. The second-order valence-electron chi connectivity index (χ2n) is 4.71. The van der Waals surface area contributed by atoms with Gasteiger partial charge in [0, 0.05) is 12.6 Å². The van der Waals surface area contributed by atoms with Gasteiger partial charge < -0.3 is 25.8 Å². The zero-order valence-corrected chi connectivity index (χ0v) is 11.3. The molecular weight excluding hydrogens is 266 g/mol. The number of hydrogen-bond donors (Lipinski definition) is 3. The van der Waals surface area contributed by atoms with E-state index in [-0.39, 0.29) is 31.8 Å². The number of amides is 3. The fourth-order valence-electron chi connectivity index (χ4n) is 2.24. The van der Waals surface area contributed by atoms with E-state index in [9.17, 15) is 14.4 Å². The van der Waals surface area contributed by atoms with E-state index in [1.54, 1.807) is 0 Å². The summed E-state index contributed by atoms with van der Waals surface area (Å²) in [6.07, 6.45) is 3.82. The highest BCUT2D eigenvalue weighted by Crippen LogP contribution is 2.23.